The van der Waals surface area contributed by atoms with Gasteiger partial charge in [0.05, 0.1) is 0 Å². The normalized spacial score (nSPS) is 12.7. The third-order valence-corrected chi connectivity index (χ3v) is 7.98. The van der Waals surface area contributed by atoms with Crippen molar-refractivity contribution >= 4 is 5.97 Å². The molecule has 0 aliphatic carbocycles. The first-order valence-corrected chi connectivity index (χ1v) is 17.9. The van der Waals surface area contributed by atoms with E-state index in [1.54, 1.807) is 0 Å². The van der Waals surface area contributed by atoms with Crippen LogP contribution in [0.25, 0.3) is 0 Å². The van der Waals surface area contributed by atoms with E-state index in [0.29, 0.717) is 13.0 Å². The van der Waals surface area contributed by atoms with Gasteiger partial charge >= 0.3 is 5.97 Å². The van der Waals surface area contributed by atoms with Crippen LogP contribution < -0.4 is 0 Å². The van der Waals surface area contributed by atoms with Gasteiger partial charge in [-0.3, -0.25) is 0 Å². The largest absolute Gasteiger partial charge is 0.479 e. The third kappa shape index (κ3) is 31.4. The fourth-order valence-electron chi connectivity index (χ4n) is 5.25. The molecule has 3 nitrogen and oxygen atoms in total. The molecule has 0 aromatic carbocycles. The van der Waals surface area contributed by atoms with E-state index in [9.17, 15) is 9.90 Å². The number of carboxylic acid groups (broad SMARTS) is 1. The molecule has 0 saturated heterocycles. The average Bonchev–Trinajstić information content (AvgIpc) is 2.95. The van der Waals surface area contributed by atoms with Gasteiger partial charge in [-0.1, -0.05) is 154 Å². The number of allylic oxidation sites excluding steroid dienone is 4. The van der Waals surface area contributed by atoms with Crippen molar-refractivity contribution in [3.63, 3.8) is 0 Å². The SMILES string of the molecule is CCCCCCCC/C=C\CCCCCCCCOC(CCCCCCC/C=C\CCCCCCCC)C(=O)O. The predicted molar refractivity (Wildman–Crippen MR) is 176 cm³/mol. The molecule has 0 aliphatic heterocycles. The molecule has 0 aromatic heterocycles. The Labute approximate surface area is 251 Å². The Morgan fingerprint density at radius 3 is 1.20 bits per heavy atom. The summed E-state index contributed by atoms with van der Waals surface area (Å²) in [7, 11) is 0. The molecule has 40 heavy (non-hydrogen) atoms. The Balaban J connectivity index is 3.47. The maximum Gasteiger partial charge on any atom is 0.332 e. The highest BCUT2D eigenvalue weighted by Gasteiger charge is 2.17. The molecule has 0 amide bonds. The zero-order valence-electron chi connectivity index (χ0n) is 27.2. The molecule has 0 bridgehead atoms. The van der Waals surface area contributed by atoms with Crippen LogP contribution in [-0.4, -0.2) is 23.8 Å². The summed E-state index contributed by atoms with van der Waals surface area (Å²) in [5.74, 6) is -0.792. The van der Waals surface area contributed by atoms with E-state index in [-0.39, 0.29) is 0 Å². The number of hydrogen-bond donors (Lipinski definition) is 1. The van der Waals surface area contributed by atoms with Crippen LogP contribution in [0.4, 0.5) is 0 Å². The van der Waals surface area contributed by atoms with Crippen molar-refractivity contribution in [1.82, 2.24) is 0 Å². The molecule has 0 rings (SSSR count). The van der Waals surface area contributed by atoms with Gasteiger partial charge in [0.2, 0.25) is 0 Å². The number of rotatable bonds is 33. The van der Waals surface area contributed by atoms with Crippen molar-refractivity contribution in [2.24, 2.45) is 0 Å². The number of aliphatic carboxylic acids is 1. The standard InChI is InChI=1S/C37H70O3/c1-3-5-7-9-11-13-15-17-19-21-23-25-27-29-31-33-35-40-36(37(38)39)34-32-30-28-26-24-22-20-18-16-14-12-10-8-6-4-2/h17-20,36H,3-16,21-35H2,1-2H3,(H,38,39)/b19-17-,20-18-. The Bertz CT molecular complexity index is 554. The maximum atomic E-state index is 11.5. The van der Waals surface area contributed by atoms with Gasteiger partial charge in [0.15, 0.2) is 6.10 Å². The van der Waals surface area contributed by atoms with Gasteiger partial charge in [-0.15, -0.1) is 0 Å². The first kappa shape index (κ1) is 38.9. The Kier molecular flexibility index (Phi) is 33.2. The van der Waals surface area contributed by atoms with Gasteiger partial charge in [0, 0.05) is 6.61 Å². The molecule has 0 heterocycles. The number of ether oxygens (including phenoxy) is 1. The Hall–Kier alpha value is -1.09. The zero-order valence-corrected chi connectivity index (χ0v) is 27.2. The van der Waals surface area contributed by atoms with Crippen molar-refractivity contribution < 1.29 is 14.6 Å². The van der Waals surface area contributed by atoms with Crippen molar-refractivity contribution in [3.8, 4) is 0 Å². The summed E-state index contributed by atoms with van der Waals surface area (Å²) in [5, 5.41) is 9.49. The molecule has 0 radical (unpaired) electrons. The zero-order chi connectivity index (χ0) is 29.2. The monoisotopic (exact) mass is 563 g/mol. The van der Waals surface area contributed by atoms with Gasteiger partial charge < -0.3 is 9.84 Å². The molecule has 0 fully saturated rings. The van der Waals surface area contributed by atoms with Crippen molar-refractivity contribution in [2.45, 2.75) is 200 Å². The predicted octanol–water partition coefficient (Wildman–Crippen LogP) is 12.5. The van der Waals surface area contributed by atoms with E-state index in [4.69, 9.17) is 4.74 Å². The molecule has 0 saturated carbocycles. The van der Waals surface area contributed by atoms with Crippen molar-refractivity contribution in [3.05, 3.63) is 24.3 Å². The average molecular weight is 563 g/mol. The highest BCUT2D eigenvalue weighted by Crippen LogP contribution is 2.14. The summed E-state index contributed by atoms with van der Waals surface area (Å²) >= 11 is 0. The van der Waals surface area contributed by atoms with Gasteiger partial charge in [-0.2, -0.15) is 0 Å². The molecule has 3 heteroatoms. The minimum Gasteiger partial charge on any atom is -0.479 e. The minimum atomic E-state index is -0.792. The molecule has 1 N–H and O–H groups in total. The fraction of sp³-hybridized carbons (Fsp3) is 0.865. The van der Waals surface area contributed by atoms with Crippen LogP contribution in [0.1, 0.15) is 194 Å². The first-order valence-electron chi connectivity index (χ1n) is 17.9. The van der Waals surface area contributed by atoms with E-state index < -0.39 is 12.1 Å². The van der Waals surface area contributed by atoms with Gasteiger partial charge in [-0.25, -0.2) is 4.79 Å². The second-order valence-corrected chi connectivity index (χ2v) is 12.0. The number of carboxylic acids is 1. The smallest absolute Gasteiger partial charge is 0.332 e. The summed E-state index contributed by atoms with van der Waals surface area (Å²) in [6.07, 6.45) is 43.9. The summed E-state index contributed by atoms with van der Waals surface area (Å²) < 4.78 is 5.72. The van der Waals surface area contributed by atoms with Crippen molar-refractivity contribution in [1.29, 1.82) is 0 Å². The van der Waals surface area contributed by atoms with Crippen LogP contribution in [0.15, 0.2) is 24.3 Å². The van der Waals surface area contributed by atoms with E-state index in [1.807, 2.05) is 0 Å². The molecule has 0 spiro atoms. The molecule has 0 aliphatic rings. The maximum absolute atomic E-state index is 11.5. The van der Waals surface area contributed by atoms with E-state index in [1.165, 1.54) is 148 Å². The lowest BCUT2D eigenvalue weighted by Crippen LogP contribution is -2.24. The molecule has 1 unspecified atom stereocenters. The lowest BCUT2D eigenvalue weighted by Gasteiger charge is -2.13. The van der Waals surface area contributed by atoms with Gasteiger partial charge in [-0.05, 0) is 64.2 Å². The summed E-state index contributed by atoms with van der Waals surface area (Å²) in [4.78, 5) is 11.5. The first-order chi connectivity index (χ1) is 19.7. The quantitative estimate of drug-likeness (QED) is 0.0639. The van der Waals surface area contributed by atoms with Gasteiger partial charge in [0.25, 0.3) is 0 Å². The van der Waals surface area contributed by atoms with Crippen LogP contribution in [0.3, 0.4) is 0 Å². The molecular weight excluding hydrogens is 492 g/mol. The number of unbranched alkanes of at least 4 members (excludes halogenated alkanes) is 23. The lowest BCUT2D eigenvalue weighted by molar-refractivity contribution is -0.151. The highest BCUT2D eigenvalue weighted by atomic mass is 16.5. The lowest BCUT2D eigenvalue weighted by atomic mass is 10.1. The second-order valence-electron chi connectivity index (χ2n) is 12.0. The molecular formula is C37H70O3. The topological polar surface area (TPSA) is 46.5 Å². The molecule has 0 aromatic rings. The third-order valence-electron chi connectivity index (χ3n) is 7.98. The Morgan fingerprint density at radius 2 is 0.825 bits per heavy atom. The summed E-state index contributed by atoms with van der Waals surface area (Å²) in [5.41, 5.74) is 0. The van der Waals surface area contributed by atoms with Crippen LogP contribution in [0.5, 0.6) is 0 Å². The highest BCUT2D eigenvalue weighted by molar-refractivity contribution is 5.72. The minimum absolute atomic E-state index is 0.587. The van der Waals surface area contributed by atoms with Crippen LogP contribution >= 0.6 is 0 Å². The Morgan fingerprint density at radius 1 is 0.500 bits per heavy atom. The van der Waals surface area contributed by atoms with Crippen LogP contribution in [-0.2, 0) is 9.53 Å². The second kappa shape index (κ2) is 34.1. The van der Waals surface area contributed by atoms with E-state index >= 15 is 0 Å². The van der Waals surface area contributed by atoms with Crippen molar-refractivity contribution in [2.75, 3.05) is 6.61 Å². The molecule has 236 valence electrons. The summed E-state index contributed by atoms with van der Waals surface area (Å²) in [6, 6.07) is 0. The fourth-order valence-corrected chi connectivity index (χ4v) is 5.25. The van der Waals surface area contributed by atoms with E-state index in [2.05, 4.69) is 38.2 Å². The van der Waals surface area contributed by atoms with Gasteiger partial charge in [0.1, 0.15) is 0 Å². The van der Waals surface area contributed by atoms with Crippen LogP contribution in [0.2, 0.25) is 0 Å². The summed E-state index contributed by atoms with van der Waals surface area (Å²) in [6.45, 7) is 5.13. The number of carbonyl (C=O) groups is 1. The molecule has 1 atom stereocenters. The number of hydrogen-bond acceptors (Lipinski definition) is 2. The van der Waals surface area contributed by atoms with Crippen LogP contribution in [0, 0.1) is 0 Å². The van der Waals surface area contributed by atoms with E-state index in [0.717, 1.165) is 25.7 Å².